The zero-order chi connectivity index (χ0) is 30.7. The third-order valence-corrected chi connectivity index (χ3v) is 7.72. The predicted molar refractivity (Wildman–Crippen MR) is 164 cm³/mol. The highest BCUT2D eigenvalue weighted by Crippen LogP contribution is 2.29. The van der Waals surface area contributed by atoms with E-state index in [-0.39, 0.29) is 30.4 Å². The maximum absolute atomic E-state index is 13.1. The van der Waals surface area contributed by atoms with E-state index in [9.17, 15) is 14.4 Å². The van der Waals surface area contributed by atoms with Crippen molar-refractivity contribution in [2.24, 2.45) is 0 Å². The molecule has 3 aromatic rings. The van der Waals surface area contributed by atoms with Gasteiger partial charge in [-0.25, -0.2) is 0 Å². The molecule has 4 bridgehead atoms. The molecule has 1 saturated heterocycles. The van der Waals surface area contributed by atoms with Crippen LogP contribution in [0.4, 0.5) is 0 Å². The number of rotatable bonds is 6. The van der Waals surface area contributed by atoms with Gasteiger partial charge in [0.2, 0.25) is 11.8 Å². The Morgan fingerprint density at radius 3 is 2.57 bits per heavy atom. The fourth-order valence-electron chi connectivity index (χ4n) is 5.31. The van der Waals surface area contributed by atoms with E-state index in [1.165, 1.54) is 7.11 Å². The minimum absolute atomic E-state index is 0.00766. The lowest BCUT2D eigenvalue weighted by Gasteiger charge is -2.39. The number of aryl methyl sites for hydroxylation is 1. The van der Waals surface area contributed by atoms with Crippen LogP contribution in [-0.2, 0) is 27.3 Å². The molecule has 44 heavy (non-hydrogen) atoms. The van der Waals surface area contributed by atoms with E-state index in [1.54, 1.807) is 11.0 Å². The van der Waals surface area contributed by atoms with Gasteiger partial charge in [-0.1, -0.05) is 36.4 Å². The highest BCUT2D eigenvalue weighted by atomic mass is 16.5. The normalized spacial score (nSPS) is 19.1. The van der Waals surface area contributed by atoms with E-state index in [4.69, 9.17) is 18.9 Å². The number of methoxy groups -OCH3 is 1. The third kappa shape index (κ3) is 8.65. The van der Waals surface area contributed by atoms with Crippen molar-refractivity contribution < 1.29 is 33.3 Å². The highest BCUT2D eigenvalue weighted by molar-refractivity contribution is 5.79. The Hall–Kier alpha value is -4.73. The predicted octanol–water partition coefficient (Wildman–Crippen LogP) is 3.66. The second kappa shape index (κ2) is 15.1. The number of nitrogens with one attached hydrogen (secondary N) is 2. The number of benzene rings is 3. The van der Waals surface area contributed by atoms with Crippen molar-refractivity contribution in [3.63, 3.8) is 0 Å². The summed E-state index contributed by atoms with van der Waals surface area (Å²) in [5.41, 5.74) is 1.87. The number of hydrogen-bond donors (Lipinski definition) is 2. The van der Waals surface area contributed by atoms with Crippen LogP contribution in [0, 0.1) is 0 Å². The van der Waals surface area contributed by atoms with Crippen molar-refractivity contribution in [1.29, 1.82) is 0 Å². The van der Waals surface area contributed by atoms with Crippen LogP contribution in [-0.4, -0.2) is 68.2 Å². The number of likely N-dealkylation sites (tertiary alicyclic amines) is 1. The van der Waals surface area contributed by atoms with Gasteiger partial charge in [-0.3, -0.25) is 14.4 Å². The molecule has 1 fully saturated rings. The fraction of sp³-hybridized carbons (Fsp3) is 0.382. The number of ether oxygens (including phenoxy) is 4. The lowest BCUT2D eigenvalue weighted by Crippen LogP contribution is -2.58. The van der Waals surface area contributed by atoms with Crippen LogP contribution in [0.2, 0.25) is 0 Å². The van der Waals surface area contributed by atoms with Gasteiger partial charge in [0.25, 0.3) is 5.91 Å². The van der Waals surface area contributed by atoms with Crippen LogP contribution in [0.15, 0.2) is 72.8 Å². The molecule has 10 nitrogen and oxygen atoms in total. The van der Waals surface area contributed by atoms with Crippen LogP contribution in [0.5, 0.6) is 23.0 Å². The zero-order valence-electron chi connectivity index (χ0n) is 25.0. The Kier molecular flexibility index (Phi) is 10.6. The Morgan fingerprint density at radius 2 is 1.77 bits per heavy atom. The molecule has 0 unspecified atom stereocenters. The number of para-hydroxylation sites is 1. The molecule has 0 spiro atoms. The summed E-state index contributed by atoms with van der Waals surface area (Å²) in [6, 6.07) is 22.0. The van der Waals surface area contributed by atoms with E-state index in [0.29, 0.717) is 75.6 Å². The smallest absolute Gasteiger partial charge is 0.258 e. The number of hydrogen-bond acceptors (Lipinski definition) is 7. The quantitative estimate of drug-likeness (QED) is 0.415. The van der Waals surface area contributed by atoms with Gasteiger partial charge in [0.05, 0.1) is 19.8 Å². The standard InChI is InChI=1S/C34H39N3O7/c1-41-31-20-24-11-15-30(31)43-23-33(39)36-28-22-37(34(40)8-5-19-42-26-6-3-2-4-7-26)18-17-29(28)44-27-13-9-25(10-14-27)21-35-32(38)16-12-24/h2-4,6-7,9-11,13-15,20,28-29H,5,8,12,16-19,21-23H2,1H3,(H,35,38)(H,36,39)/t28-,29-/m1/s1. The zero-order valence-corrected chi connectivity index (χ0v) is 25.0. The maximum atomic E-state index is 13.1. The number of amides is 3. The molecule has 0 saturated carbocycles. The van der Waals surface area contributed by atoms with E-state index < -0.39 is 6.04 Å². The van der Waals surface area contributed by atoms with Crippen LogP contribution in [0.3, 0.4) is 0 Å². The van der Waals surface area contributed by atoms with Gasteiger partial charge in [-0.05, 0) is 60.4 Å². The van der Waals surface area contributed by atoms with Crippen molar-refractivity contribution in [1.82, 2.24) is 15.5 Å². The molecular weight excluding hydrogens is 562 g/mol. The van der Waals surface area contributed by atoms with E-state index in [2.05, 4.69) is 10.6 Å². The largest absolute Gasteiger partial charge is 0.494 e. The fourth-order valence-corrected chi connectivity index (χ4v) is 5.31. The number of piperidine rings is 1. The molecule has 10 heteroatoms. The summed E-state index contributed by atoms with van der Waals surface area (Å²) in [7, 11) is 1.53. The monoisotopic (exact) mass is 601 g/mol. The molecule has 5 aliphatic rings. The Bertz CT molecular complexity index is 1410. The first-order valence-electron chi connectivity index (χ1n) is 15.0. The summed E-state index contributed by atoms with van der Waals surface area (Å²) in [6.07, 6.45) is 1.99. The van der Waals surface area contributed by atoms with Crippen molar-refractivity contribution >= 4 is 17.7 Å². The molecular formula is C34H39N3O7. The van der Waals surface area contributed by atoms with Gasteiger partial charge in [-0.15, -0.1) is 0 Å². The summed E-state index contributed by atoms with van der Waals surface area (Å²) in [4.78, 5) is 40.5. The lowest BCUT2D eigenvalue weighted by molar-refractivity contribution is -0.135. The van der Waals surface area contributed by atoms with Crippen molar-refractivity contribution in [2.45, 2.75) is 50.8 Å². The summed E-state index contributed by atoms with van der Waals surface area (Å²) < 4.78 is 23.4. The van der Waals surface area contributed by atoms with Crippen molar-refractivity contribution in [3.8, 4) is 23.0 Å². The Morgan fingerprint density at radius 1 is 0.977 bits per heavy atom. The molecule has 3 amide bonds. The van der Waals surface area contributed by atoms with Gasteiger partial charge in [0.15, 0.2) is 18.1 Å². The second-order valence-corrected chi connectivity index (χ2v) is 10.9. The first-order valence-corrected chi connectivity index (χ1v) is 15.0. The molecule has 8 rings (SSSR count). The molecule has 2 atom stereocenters. The first-order chi connectivity index (χ1) is 21.5. The topological polar surface area (TPSA) is 115 Å². The SMILES string of the molecule is COc1cc2ccc1OCC(=O)N[C@@H]1CN(C(=O)CCCOc3ccccc3)CC[C@H]1Oc1ccc(cc1)CNC(=O)CC2. The molecule has 2 N–H and O–H groups in total. The molecule has 0 aliphatic carbocycles. The average molecular weight is 602 g/mol. The second-order valence-electron chi connectivity index (χ2n) is 10.9. The highest BCUT2D eigenvalue weighted by Gasteiger charge is 2.34. The molecule has 5 aliphatic heterocycles. The van der Waals surface area contributed by atoms with Crippen LogP contribution in [0.1, 0.15) is 36.8 Å². The minimum atomic E-state index is -0.446. The summed E-state index contributed by atoms with van der Waals surface area (Å²) in [6.45, 7) is 1.44. The minimum Gasteiger partial charge on any atom is -0.494 e. The Labute approximate surface area is 257 Å². The summed E-state index contributed by atoms with van der Waals surface area (Å²) in [5.74, 6) is 1.96. The molecule has 0 radical (unpaired) electrons. The molecule has 5 heterocycles. The van der Waals surface area contributed by atoms with Crippen molar-refractivity contribution in [2.75, 3.05) is 33.4 Å². The van der Waals surface area contributed by atoms with Crippen LogP contribution < -0.4 is 29.6 Å². The van der Waals surface area contributed by atoms with E-state index >= 15 is 0 Å². The van der Waals surface area contributed by atoms with E-state index in [1.807, 2.05) is 66.7 Å². The van der Waals surface area contributed by atoms with E-state index in [0.717, 1.165) is 16.9 Å². The van der Waals surface area contributed by atoms with Gasteiger partial charge in [0.1, 0.15) is 17.6 Å². The maximum Gasteiger partial charge on any atom is 0.258 e. The van der Waals surface area contributed by atoms with Gasteiger partial charge in [0, 0.05) is 38.9 Å². The lowest BCUT2D eigenvalue weighted by atomic mass is 10.0. The van der Waals surface area contributed by atoms with Gasteiger partial charge < -0.3 is 34.5 Å². The van der Waals surface area contributed by atoms with Gasteiger partial charge in [-0.2, -0.15) is 0 Å². The molecule has 0 aromatic heterocycles. The third-order valence-electron chi connectivity index (χ3n) is 7.72. The first kappa shape index (κ1) is 30.7. The average Bonchev–Trinajstić information content (AvgIpc) is 3.05. The molecule has 3 aromatic carbocycles. The van der Waals surface area contributed by atoms with Crippen LogP contribution in [0.25, 0.3) is 0 Å². The number of carbonyl (C=O) groups is 3. The molecule has 232 valence electrons. The summed E-state index contributed by atoms with van der Waals surface area (Å²) in [5, 5.41) is 6.01. The van der Waals surface area contributed by atoms with Crippen molar-refractivity contribution in [3.05, 3.63) is 83.9 Å². The van der Waals surface area contributed by atoms with Crippen LogP contribution >= 0.6 is 0 Å². The number of carbonyl (C=O) groups excluding carboxylic acids is 3. The number of nitrogens with zero attached hydrogens (tertiary/aromatic N) is 1. The van der Waals surface area contributed by atoms with Gasteiger partial charge >= 0.3 is 0 Å². The Balaban J connectivity index is 1.26. The summed E-state index contributed by atoms with van der Waals surface area (Å²) >= 11 is 0.